The van der Waals surface area contributed by atoms with Crippen molar-refractivity contribution in [1.29, 1.82) is 0 Å². The van der Waals surface area contributed by atoms with Gasteiger partial charge in [-0.05, 0) is 71.1 Å². The second-order valence-corrected chi connectivity index (χ2v) is 9.09. The summed E-state index contributed by atoms with van der Waals surface area (Å²) in [6.45, 7) is 6.48. The van der Waals surface area contributed by atoms with Crippen LogP contribution in [0.25, 0.3) is 0 Å². The number of carbonyl (C=O) groups is 1. The Bertz CT molecular complexity index is 367. The zero-order valence-electron chi connectivity index (χ0n) is 33.7. The SMILES string of the molecule is C=C(C)C(=O)O.OCCCO.OCCCO.OCCCO.OCCCO.OCCCO.OCCCO.OCCCO.OCCCO.OCCCO.OCCCO. The third kappa shape index (κ3) is 276. The van der Waals surface area contributed by atoms with Gasteiger partial charge in [0.25, 0.3) is 0 Å². The molecule has 22 nitrogen and oxygen atoms in total. The van der Waals surface area contributed by atoms with Crippen molar-refractivity contribution in [3.63, 3.8) is 0 Å². The van der Waals surface area contributed by atoms with Crippen LogP contribution in [0.15, 0.2) is 12.2 Å². The summed E-state index contributed by atoms with van der Waals surface area (Å²) in [7, 11) is 0. The third-order valence-corrected chi connectivity index (χ3v) is 3.53. The fraction of sp³-hybridized carbons (Fsp3) is 0.912. The highest BCUT2D eigenvalue weighted by atomic mass is 16.4. The highest BCUT2D eigenvalue weighted by molar-refractivity contribution is 5.84. The molecule has 0 spiro atoms. The summed E-state index contributed by atoms with van der Waals surface area (Å²) in [5.41, 5.74) is 0.176. The first kappa shape index (κ1) is 82.4. The summed E-state index contributed by atoms with van der Waals surface area (Å²) < 4.78 is 0. The van der Waals surface area contributed by atoms with Crippen LogP contribution in [0.3, 0.4) is 0 Å². The van der Waals surface area contributed by atoms with Crippen molar-refractivity contribution in [2.45, 2.75) is 71.1 Å². The molecule has 0 fully saturated rings. The second-order valence-electron chi connectivity index (χ2n) is 9.09. The molecule has 0 amide bonds. The Morgan fingerprint density at radius 3 is 0.321 bits per heavy atom. The molecule has 0 aliphatic heterocycles. The van der Waals surface area contributed by atoms with E-state index in [9.17, 15) is 4.79 Å². The van der Waals surface area contributed by atoms with E-state index in [0.717, 1.165) is 0 Å². The molecule has 354 valence electrons. The molecule has 0 bridgehead atoms. The Morgan fingerprint density at radius 2 is 0.321 bits per heavy atom. The van der Waals surface area contributed by atoms with E-state index < -0.39 is 5.97 Å². The van der Waals surface area contributed by atoms with E-state index in [1.165, 1.54) is 6.92 Å². The van der Waals surface area contributed by atoms with Gasteiger partial charge in [0.1, 0.15) is 0 Å². The molecule has 21 N–H and O–H groups in total. The molecule has 0 aromatic rings. The Labute approximate surface area is 333 Å². The van der Waals surface area contributed by atoms with Crippen LogP contribution in [0.2, 0.25) is 0 Å². The maximum Gasteiger partial charge on any atom is 0.330 e. The van der Waals surface area contributed by atoms with Crippen LogP contribution in [-0.4, -0.2) is 245 Å². The van der Waals surface area contributed by atoms with Crippen molar-refractivity contribution < 1.29 is 112 Å². The van der Waals surface area contributed by atoms with Crippen molar-refractivity contribution >= 4 is 5.97 Å². The molecule has 56 heavy (non-hydrogen) atoms. The summed E-state index contributed by atoms with van der Waals surface area (Å²) in [6.07, 6.45) is 5.00. The summed E-state index contributed by atoms with van der Waals surface area (Å²) in [5.74, 6) is -0.935. The van der Waals surface area contributed by atoms with Gasteiger partial charge in [-0.15, -0.1) is 0 Å². The van der Waals surface area contributed by atoms with Crippen molar-refractivity contribution in [2.24, 2.45) is 0 Å². The van der Waals surface area contributed by atoms with Crippen molar-refractivity contribution in [3.05, 3.63) is 12.2 Å². The summed E-state index contributed by atoms with van der Waals surface area (Å²) in [4.78, 5) is 9.60. The molecule has 22 heteroatoms. The molecule has 0 radical (unpaired) electrons. The lowest BCUT2D eigenvalue weighted by molar-refractivity contribution is -0.132. The topological polar surface area (TPSA) is 442 Å². The first-order valence-electron chi connectivity index (χ1n) is 17.9. The molecule has 0 atom stereocenters. The monoisotopic (exact) mass is 847 g/mol. The molecule has 0 heterocycles. The minimum atomic E-state index is -0.935. The van der Waals surface area contributed by atoms with E-state index in [0.29, 0.717) is 64.2 Å². The zero-order chi connectivity index (χ0) is 46.4. The smallest absolute Gasteiger partial charge is 0.330 e. The Kier molecular flexibility index (Phi) is 182. The maximum absolute atomic E-state index is 9.60. The lowest BCUT2D eigenvalue weighted by atomic mass is 10.4. The van der Waals surface area contributed by atoms with Gasteiger partial charge in [0.15, 0.2) is 0 Å². The molecular formula is C34H86O22. The lowest BCUT2D eigenvalue weighted by Crippen LogP contribution is -1.92. The first-order chi connectivity index (χ1) is 26.8. The second kappa shape index (κ2) is 124. The number of aliphatic carboxylic acids is 1. The molecule has 0 aromatic carbocycles. The molecule has 0 saturated heterocycles. The fourth-order valence-electron chi connectivity index (χ4n) is 0.707. The van der Waals surface area contributed by atoms with Gasteiger partial charge in [0.2, 0.25) is 0 Å². The average Bonchev–Trinajstić information content (AvgIpc) is 3.17. The van der Waals surface area contributed by atoms with E-state index in [4.69, 9.17) is 107 Å². The summed E-state index contributed by atoms with van der Waals surface area (Å²) in [6, 6.07) is 0. The van der Waals surface area contributed by atoms with E-state index in [-0.39, 0.29) is 138 Å². The van der Waals surface area contributed by atoms with Crippen LogP contribution in [-0.2, 0) is 4.79 Å². The van der Waals surface area contributed by atoms with Gasteiger partial charge in [-0.2, -0.15) is 0 Å². The van der Waals surface area contributed by atoms with Crippen molar-refractivity contribution in [2.75, 3.05) is 132 Å². The first-order valence-corrected chi connectivity index (χ1v) is 17.9. The predicted molar refractivity (Wildman–Crippen MR) is 210 cm³/mol. The van der Waals surface area contributed by atoms with Crippen LogP contribution in [0, 0.1) is 0 Å². The van der Waals surface area contributed by atoms with Crippen LogP contribution < -0.4 is 0 Å². The fourth-order valence-corrected chi connectivity index (χ4v) is 0.707. The third-order valence-electron chi connectivity index (χ3n) is 3.53. The molecule has 0 aromatic heterocycles. The van der Waals surface area contributed by atoms with E-state index in [1.54, 1.807) is 0 Å². The van der Waals surface area contributed by atoms with Crippen LogP contribution in [0.5, 0.6) is 0 Å². The van der Waals surface area contributed by atoms with Gasteiger partial charge < -0.3 is 107 Å². The van der Waals surface area contributed by atoms with E-state index in [1.807, 2.05) is 0 Å². The Morgan fingerprint density at radius 1 is 0.268 bits per heavy atom. The molecule has 0 aliphatic carbocycles. The van der Waals surface area contributed by atoms with Gasteiger partial charge in [0.05, 0.1) is 0 Å². The number of aliphatic hydroxyl groups excluding tert-OH is 20. The minimum absolute atomic E-state index is 0.0938. The number of aliphatic hydroxyl groups is 20. The standard InChI is InChI=1S/C4H6O2.10C3H8O2/c1-3(2)4(5)6;10*4-2-1-3-5/h1H2,2H3,(H,5,6);10*4-5H,1-3H2. The van der Waals surface area contributed by atoms with Gasteiger partial charge >= 0.3 is 5.97 Å². The highest BCUT2D eigenvalue weighted by Crippen LogP contribution is 1.81. The van der Waals surface area contributed by atoms with E-state index in [2.05, 4.69) is 6.58 Å². The highest BCUT2D eigenvalue weighted by Gasteiger charge is 1.90. The van der Waals surface area contributed by atoms with Crippen LogP contribution in [0.4, 0.5) is 0 Å². The molecule has 0 saturated carbocycles. The zero-order valence-corrected chi connectivity index (χ0v) is 33.7. The van der Waals surface area contributed by atoms with Crippen molar-refractivity contribution in [3.8, 4) is 0 Å². The Hall–Kier alpha value is -1.59. The minimum Gasteiger partial charge on any atom is -0.478 e. The number of carboxylic acid groups (broad SMARTS) is 1. The summed E-state index contributed by atoms with van der Waals surface area (Å²) >= 11 is 0. The quantitative estimate of drug-likeness (QED) is 0.0479. The van der Waals surface area contributed by atoms with Gasteiger partial charge in [-0.1, -0.05) is 6.58 Å². The van der Waals surface area contributed by atoms with Crippen LogP contribution >= 0.6 is 0 Å². The van der Waals surface area contributed by atoms with Gasteiger partial charge in [0, 0.05) is 138 Å². The largest absolute Gasteiger partial charge is 0.478 e. The molecule has 0 rings (SSSR count). The average molecular weight is 847 g/mol. The summed E-state index contributed by atoms with van der Waals surface area (Å²) in [5, 5.41) is 166. The number of hydrogen-bond acceptors (Lipinski definition) is 21. The number of rotatable bonds is 21. The van der Waals surface area contributed by atoms with Crippen LogP contribution in [0.1, 0.15) is 71.1 Å². The number of hydrogen-bond donors (Lipinski definition) is 21. The molecular weight excluding hydrogens is 760 g/mol. The number of carboxylic acids is 1. The molecule has 0 aliphatic rings. The van der Waals surface area contributed by atoms with Crippen molar-refractivity contribution in [1.82, 2.24) is 0 Å². The lowest BCUT2D eigenvalue weighted by Gasteiger charge is -1.79. The van der Waals surface area contributed by atoms with Gasteiger partial charge in [-0.25, -0.2) is 4.79 Å². The predicted octanol–water partition coefficient (Wildman–Crippen LogP) is -5.74. The Balaban J connectivity index is -0.0000000442. The molecule has 0 unspecified atom stereocenters. The maximum atomic E-state index is 9.60. The van der Waals surface area contributed by atoms with E-state index >= 15 is 0 Å². The van der Waals surface area contributed by atoms with Gasteiger partial charge in [-0.3, -0.25) is 0 Å². The normalized spacial score (nSPS) is 8.30.